The van der Waals surface area contributed by atoms with E-state index >= 15 is 0 Å². The summed E-state index contributed by atoms with van der Waals surface area (Å²) in [5.74, 6) is 0.505. The molecule has 1 heterocycles. The summed E-state index contributed by atoms with van der Waals surface area (Å²) in [6.07, 6.45) is -0.434. The van der Waals surface area contributed by atoms with Crippen molar-refractivity contribution in [3.05, 3.63) is 70.3 Å². The van der Waals surface area contributed by atoms with E-state index in [1.165, 1.54) is 60.3 Å². The lowest BCUT2D eigenvalue weighted by molar-refractivity contribution is -0.384. The number of hydrogen-bond donors (Lipinski definition) is 1. The van der Waals surface area contributed by atoms with Gasteiger partial charge in [0.15, 0.2) is 17.1 Å². The molecule has 0 bridgehead atoms. The van der Waals surface area contributed by atoms with Crippen molar-refractivity contribution in [2.75, 3.05) is 11.1 Å². The van der Waals surface area contributed by atoms with Crippen LogP contribution in [0.1, 0.15) is 18.9 Å². The van der Waals surface area contributed by atoms with Crippen molar-refractivity contribution in [2.24, 2.45) is 7.05 Å². The molecule has 1 amide bonds. The molecule has 30 heavy (non-hydrogen) atoms. The topological polar surface area (TPSA) is 112 Å². The lowest BCUT2D eigenvalue weighted by Gasteiger charge is -2.14. The second kappa shape index (κ2) is 9.35. The number of nitro groups is 1. The van der Waals surface area contributed by atoms with Crippen molar-refractivity contribution in [1.82, 2.24) is 14.8 Å². The minimum atomic E-state index is -0.506. The maximum absolute atomic E-state index is 13.0. The second-order valence-corrected chi connectivity index (χ2v) is 7.20. The minimum absolute atomic E-state index is 0.0500. The van der Waals surface area contributed by atoms with E-state index in [-0.39, 0.29) is 23.2 Å². The molecule has 1 N–H and O–H groups in total. The van der Waals surface area contributed by atoms with Gasteiger partial charge in [-0.3, -0.25) is 14.9 Å². The van der Waals surface area contributed by atoms with Crippen LogP contribution in [-0.4, -0.2) is 31.3 Å². The summed E-state index contributed by atoms with van der Waals surface area (Å²) in [5, 5.41) is 22.1. The van der Waals surface area contributed by atoms with Gasteiger partial charge >= 0.3 is 0 Å². The number of anilines is 1. The first-order chi connectivity index (χ1) is 14.3. The van der Waals surface area contributed by atoms with Gasteiger partial charge in [0.1, 0.15) is 11.6 Å². The van der Waals surface area contributed by atoms with Gasteiger partial charge < -0.3 is 14.6 Å². The van der Waals surface area contributed by atoms with Crippen LogP contribution in [0, 0.1) is 15.9 Å². The van der Waals surface area contributed by atoms with Crippen LogP contribution in [0.3, 0.4) is 0 Å². The van der Waals surface area contributed by atoms with Gasteiger partial charge in [0.05, 0.1) is 10.7 Å². The van der Waals surface area contributed by atoms with Gasteiger partial charge in [-0.2, -0.15) is 0 Å². The third-order valence-corrected chi connectivity index (χ3v) is 5.07. The summed E-state index contributed by atoms with van der Waals surface area (Å²) in [7, 11) is 1.76. The normalized spacial score (nSPS) is 11.7. The summed E-state index contributed by atoms with van der Waals surface area (Å²) in [6, 6.07) is 11.2. The Morgan fingerprint density at radius 2 is 1.90 bits per heavy atom. The molecule has 0 aliphatic carbocycles. The summed E-state index contributed by atoms with van der Waals surface area (Å²) in [6.45, 7) is 1.79. The zero-order valence-electron chi connectivity index (χ0n) is 16.1. The Kier molecular flexibility index (Phi) is 6.62. The van der Waals surface area contributed by atoms with Crippen molar-refractivity contribution < 1.29 is 18.8 Å². The number of rotatable bonds is 8. The monoisotopic (exact) mass is 431 g/mol. The number of ether oxygens (including phenoxy) is 1. The number of benzene rings is 2. The average molecular weight is 431 g/mol. The van der Waals surface area contributed by atoms with E-state index in [0.29, 0.717) is 22.4 Å². The molecule has 3 rings (SSSR count). The molecular weight excluding hydrogens is 413 g/mol. The predicted molar refractivity (Wildman–Crippen MR) is 109 cm³/mol. The van der Waals surface area contributed by atoms with Gasteiger partial charge in [-0.25, -0.2) is 4.39 Å². The lowest BCUT2D eigenvalue weighted by Crippen LogP contribution is -2.15. The Morgan fingerprint density at radius 3 is 2.53 bits per heavy atom. The van der Waals surface area contributed by atoms with Crippen molar-refractivity contribution in [3.63, 3.8) is 0 Å². The number of halogens is 1. The minimum Gasteiger partial charge on any atom is -0.483 e. The first-order valence-corrected chi connectivity index (χ1v) is 9.80. The molecule has 0 spiro atoms. The number of thioether (sulfide) groups is 1. The highest BCUT2D eigenvalue weighted by Crippen LogP contribution is 2.24. The van der Waals surface area contributed by atoms with Crippen LogP contribution in [0.5, 0.6) is 5.75 Å². The van der Waals surface area contributed by atoms with E-state index in [9.17, 15) is 19.3 Å². The van der Waals surface area contributed by atoms with Gasteiger partial charge in [0.2, 0.25) is 5.91 Å². The molecule has 156 valence electrons. The molecule has 0 aliphatic rings. The van der Waals surface area contributed by atoms with Crippen LogP contribution in [0.4, 0.5) is 15.8 Å². The smallest absolute Gasteiger partial charge is 0.269 e. The Morgan fingerprint density at radius 1 is 1.23 bits per heavy atom. The first-order valence-electron chi connectivity index (χ1n) is 8.82. The van der Waals surface area contributed by atoms with E-state index < -0.39 is 11.0 Å². The van der Waals surface area contributed by atoms with Crippen LogP contribution in [-0.2, 0) is 11.8 Å². The third-order valence-electron chi connectivity index (χ3n) is 4.05. The number of nitrogens with zero attached hydrogens (tertiary/aromatic N) is 4. The molecule has 2 aromatic carbocycles. The molecule has 0 fully saturated rings. The maximum atomic E-state index is 13.0. The summed E-state index contributed by atoms with van der Waals surface area (Å²) in [4.78, 5) is 22.3. The van der Waals surface area contributed by atoms with Gasteiger partial charge in [-0.15, -0.1) is 10.2 Å². The number of non-ortho nitro benzene ring substituents is 1. The molecule has 1 atom stereocenters. The Bertz CT molecular complexity index is 1040. The Hall–Kier alpha value is -3.47. The Labute approximate surface area is 175 Å². The predicted octanol–water partition coefficient (Wildman–Crippen LogP) is 3.73. The zero-order valence-corrected chi connectivity index (χ0v) is 16.9. The van der Waals surface area contributed by atoms with Gasteiger partial charge in [-0.1, -0.05) is 11.8 Å². The van der Waals surface area contributed by atoms with E-state index in [2.05, 4.69) is 15.5 Å². The fourth-order valence-corrected chi connectivity index (χ4v) is 3.29. The number of amides is 1. The second-order valence-electron chi connectivity index (χ2n) is 6.25. The van der Waals surface area contributed by atoms with Crippen LogP contribution < -0.4 is 10.1 Å². The number of carbonyl (C=O) groups excluding carboxylic acids is 1. The van der Waals surface area contributed by atoms with E-state index in [1.54, 1.807) is 18.5 Å². The van der Waals surface area contributed by atoms with Gasteiger partial charge in [0, 0.05) is 24.9 Å². The molecule has 9 nitrogen and oxygen atoms in total. The number of aromatic nitrogens is 3. The summed E-state index contributed by atoms with van der Waals surface area (Å²) < 4.78 is 20.5. The molecule has 0 saturated carbocycles. The Balaban J connectivity index is 1.55. The number of nitro benzene ring substituents is 1. The van der Waals surface area contributed by atoms with E-state index in [0.717, 1.165) is 0 Å². The largest absolute Gasteiger partial charge is 0.483 e. The molecule has 0 aliphatic heterocycles. The van der Waals surface area contributed by atoms with Crippen LogP contribution in [0.15, 0.2) is 53.7 Å². The molecule has 1 aromatic heterocycles. The quantitative estimate of drug-likeness (QED) is 0.328. The SMILES string of the molecule is CC(Oc1ccc(F)cc1)c1nnc(SCC(=O)Nc2ccc([N+](=O)[O-])cc2)n1C. The third kappa shape index (κ3) is 5.32. The average Bonchev–Trinajstić information content (AvgIpc) is 3.09. The fraction of sp³-hybridized carbons (Fsp3) is 0.211. The highest BCUT2D eigenvalue weighted by atomic mass is 32.2. The van der Waals surface area contributed by atoms with Crippen molar-refractivity contribution >= 4 is 29.0 Å². The first kappa shape index (κ1) is 21.2. The highest BCUT2D eigenvalue weighted by molar-refractivity contribution is 7.99. The van der Waals surface area contributed by atoms with Crippen molar-refractivity contribution in [1.29, 1.82) is 0 Å². The molecule has 3 aromatic rings. The number of carbonyl (C=O) groups is 1. The number of nitrogens with one attached hydrogen (secondary N) is 1. The van der Waals surface area contributed by atoms with Crippen LogP contribution >= 0.6 is 11.8 Å². The molecule has 11 heteroatoms. The zero-order chi connectivity index (χ0) is 21.7. The molecule has 0 saturated heterocycles. The molecule has 1 unspecified atom stereocenters. The van der Waals surface area contributed by atoms with E-state index in [1.807, 2.05) is 0 Å². The van der Waals surface area contributed by atoms with Gasteiger partial charge in [0.25, 0.3) is 5.69 Å². The van der Waals surface area contributed by atoms with Crippen LogP contribution in [0.2, 0.25) is 0 Å². The van der Waals surface area contributed by atoms with Crippen LogP contribution in [0.25, 0.3) is 0 Å². The molecule has 0 radical (unpaired) electrons. The molecular formula is C19H18FN5O4S. The lowest BCUT2D eigenvalue weighted by atomic mass is 10.3. The van der Waals surface area contributed by atoms with Crippen molar-refractivity contribution in [2.45, 2.75) is 18.2 Å². The van der Waals surface area contributed by atoms with Gasteiger partial charge in [-0.05, 0) is 43.3 Å². The highest BCUT2D eigenvalue weighted by Gasteiger charge is 2.18. The standard InChI is InChI=1S/C19H18FN5O4S/c1-12(29-16-9-3-13(20)4-10-16)18-22-23-19(24(18)2)30-11-17(26)21-14-5-7-15(8-6-14)25(27)28/h3-10,12H,11H2,1-2H3,(H,21,26). The summed E-state index contributed by atoms with van der Waals surface area (Å²) >= 11 is 1.19. The van der Waals surface area contributed by atoms with Crippen molar-refractivity contribution in [3.8, 4) is 5.75 Å². The summed E-state index contributed by atoms with van der Waals surface area (Å²) in [5.41, 5.74) is 0.414. The fourth-order valence-electron chi connectivity index (χ4n) is 2.57. The maximum Gasteiger partial charge on any atom is 0.269 e. The number of hydrogen-bond acceptors (Lipinski definition) is 7. The van der Waals surface area contributed by atoms with E-state index in [4.69, 9.17) is 4.74 Å².